The van der Waals surface area contributed by atoms with E-state index >= 15 is 0 Å². The van der Waals surface area contributed by atoms with Crippen LogP contribution in [0.2, 0.25) is 0 Å². The van der Waals surface area contributed by atoms with Gasteiger partial charge in [0.15, 0.2) is 5.70 Å². The molecule has 2 heterocycles. The summed E-state index contributed by atoms with van der Waals surface area (Å²) in [4.78, 5) is 30.8. The van der Waals surface area contributed by atoms with Crippen LogP contribution in [0.5, 0.6) is 0 Å². The third-order valence-electron chi connectivity index (χ3n) is 4.53. The van der Waals surface area contributed by atoms with E-state index in [9.17, 15) is 9.59 Å². The van der Waals surface area contributed by atoms with Crippen molar-refractivity contribution in [3.05, 3.63) is 59.9 Å². The van der Waals surface area contributed by atoms with Crippen LogP contribution in [0.1, 0.15) is 5.56 Å². The van der Waals surface area contributed by atoms with E-state index in [1.165, 1.54) is 4.90 Å². The van der Waals surface area contributed by atoms with Crippen LogP contribution >= 0.6 is 0 Å². The number of carboxylic acid groups (broad SMARTS) is 1. The number of benzene rings is 2. The van der Waals surface area contributed by atoms with Crippen molar-refractivity contribution in [2.45, 2.75) is 0 Å². The summed E-state index contributed by atoms with van der Waals surface area (Å²) < 4.78 is 5.38. The Morgan fingerprint density at radius 3 is 2.58 bits per heavy atom. The molecule has 132 valence electrons. The molecule has 0 saturated carbocycles. The van der Waals surface area contributed by atoms with Gasteiger partial charge in [0, 0.05) is 37.9 Å². The summed E-state index contributed by atoms with van der Waals surface area (Å²) in [6.45, 7) is 1.83. The Morgan fingerprint density at radius 2 is 1.81 bits per heavy atom. The Labute approximate surface area is 149 Å². The zero-order valence-electron chi connectivity index (χ0n) is 14.0. The molecule has 2 aromatic carbocycles. The number of rotatable bonds is 2. The number of carbonyl (C=O) groups is 2. The molecule has 7 nitrogen and oxygen atoms in total. The van der Waals surface area contributed by atoms with Crippen LogP contribution in [0.25, 0.3) is 10.8 Å². The van der Waals surface area contributed by atoms with E-state index in [0.717, 1.165) is 16.3 Å². The summed E-state index contributed by atoms with van der Waals surface area (Å²) in [7, 11) is 0. The van der Waals surface area contributed by atoms with Gasteiger partial charge in [0.25, 0.3) is 0 Å². The molecule has 2 aromatic rings. The monoisotopic (exact) mass is 351 g/mol. The highest BCUT2D eigenvalue weighted by Gasteiger charge is 2.27. The second-order valence-electron chi connectivity index (χ2n) is 6.15. The molecule has 0 unspecified atom stereocenters. The fourth-order valence-corrected chi connectivity index (χ4v) is 3.14. The molecule has 1 saturated heterocycles. The predicted octanol–water partition coefficient (Wildman–Crippen LogP) is 2.28. The number of nitrogens with zero attached hydrogens (tertiary/aromatic N) is 3. The first-order valence-electron chi connectivity index (χ1n) is 8.34. The number of carbonyl (C=O) groups excluding carboxylic acids is 1. The molecule has 0 spiro atoms. The number of amides is 1. The molecule has 0 aromatic heterocycles. The van der Waals surface area contributed by atoms with Crippen LogP contribution in [-0.2, 0) is 9.53 Å². The van der Waals surface area contributed by atoms with E-state index in [4.69, 9.17) is 9.84 Å². The van der Waals surface area contributed by atoms with Crippen LogP contribution in [-0.4, -0.2) is 59.0 Å². The number of aliphatic imine (C=N–C) groups is 1. The molecule has 1 amide bonds. The summed E-state index contributed by atoms with van der Waals surface area (Å²) in [5.74, 6) is -0.198. The van der Waals surface area contributed by atoms with Gasteiger partial charge in [0.05, 0.1) is 0 Å². The maximum absolute atomic E-state index is 12.2. The van der Waals surface area contributed by atoms with E-state index in [1.54, 1.807) is 6.20 Å². The van der Waals surface area contributed by atoms with Crippen LogP contribution in [0.15, 0.2) is 59.4 Å². The maximum Gasteiger partial charge on any atom is 0.407 e. The lowest BCUT2D eigenvalue weighted by Crippen LogP contribution is -2.46. The average Bonchev–Trinajstić information content (AvgIpc) is 3.02. The highest BCUT2D eigenvalue weighted by molar-refractivity contribution is 6.16. The first kappa shape index (κ1) is 16.1. The third kappa shape index (κ3) is 2.99. The summed E-state index contributed by atoms with van der Waals surface area (Å²) >= 11 is 0. The van der Waals surface area contributed by atoms with Gasteiger partial charge < -0.3 is 19.6 Å². The molecule has 2 aliphatic rings. The Balaban J connectivity index is 1.59. The first-order chi connectivity index (χ1) is 12.6. The SMILES string of the molecule is O=C1OC(c2cccc3ccccc23)=N/C1=C/N1CCN(C(=O)O)CC1. The Hall–Kier alpha value is -3.35. The summed E-state index contributed by atoms with van der Waals surface area (Å²) in [6, 6.07) is 13.6. The molecule has 26 heavy (non-hydrogen) atoms. The number of hydrogen-bond acceptors (Lipinski definition) is 5. The maximum atomic E-state index is 12.2. The normalized spacial score (nSPS) is 19.0. The van der Waals surface area contributed by atoms with Gasteiger partial charge in [-0.1, -0.05) is 36.4 Å². The number of fused-ring (bicyclic) bond motifs is 1. The topological polar surface area (TPSA) is 82.4 Å². The first-order valence-corrected chi connectivity index (χ1v) is 8.34. The number of hydrogen-bond donors (Lipinski definition) is 1. The van der Waals surface area contributed by atoms with Gasteiger partial charge in [-0.15, -0.1) is 0 Å². The molecular formula is C19H17N3O4. The molecule has 0 aliphatic carbocycles. The fourth-order valence-electron chi connectivity index (χ4n) is 3.14. The molecule has 1 N–H and O–H groups in total. The third-order valence-corrected chi connectivity index (χ3v) is 4.53. The van der Waals surface area contributed by atoms with Crippen LogP contribution in [0.4, 0.5) is 4.79 Å². The van der Waals surface area contributed by atoms with Crippen molar-refractivity contribution in [1.29, 1.82) is 0 Å². The van der Waals surface area contributed by atoms with Crippen molar-refractivity contribution in [2.75, 3.05) is 26.2 Å². The van der Waals surface area contributed by atoms with Gasteiger partial charge in [-0.3, -0.25) is 0 Å². The lowest BCUT2D eigenvalue weighted by atomic mass is 10.0. The number of piperazine rings is 1. The molecule has 0 bridgehead atoms. The lowest BCUT2D eigenvalue weighted by molar-refractivity contribution is -0.130. The van der Waals surface area contributed by atoms with Crippen molar-refractivity contribution in [2.24, 2.45) is 4.99 Å². The van der Waals surface area contributed by atoms with Crippen molar-refractivity contribution in [3.8, 4) is 0 Å². The standard InChI is InChI=1S/C19H17N3O4/c23-18-16(12-21-8-10-22(11-9-21)19(24)25)20-17(26-18)15-7-3-5-13-4-1-2-6-14(13)15/h1-7,12H,8-11H2,(H,24,25)/b16-12+. The highest BCUT2D eigenvalue weighted by atomic mass is 16.6. The minimum Gasteiger partial charge on any atom is -0.465 e. The van der Waals surface area contributed by atoms with E-state index < -0.39 is 12.1 Å². The molecule has 7 heteroatoms. The van der Waals surface area contributed by atoms with E-state index in [-0.39, 0.29) is 5.70 Å². The Kier molecular flexibility index (Phi) is 4.04. The van der Waals surface area contributed by atoms with Gasteiger partial charge in [-0.2, -0.15) is 0 Å². The summed E-state index contributed by atoms with van der Waals surface area (Å²) in [5, 5.41) is 11.0. The van der Waals surface area contributed by atoms with Crippen molar-refractivity contribution in [3.63, 3.8) is 0 Å². The van der Waals surface area contributed by atoms with Crippen molar-refractivity contribution >= 4 is 28.7 Å². The second kappa shape index (κ2) is 6.51. The molecule has 1 fully saturated rings. The summed E-state index contributed by atoms with van der Waals surface area (Å²) in [5.41, 5.74) is 1.01. The Morgan fingerprint density at radius 1 is 1.08 bits per heavy atom. The van der Waals surface area contributed by atoms with Crippen molar-refractivity contribution in [1.82, 2.24) is 9.80 Å². The largest absolute Gasteiger partial charge is 0.465 e. The van der Waals surface area contributed by atoms with Crippen LogP contribution < -0.4 is 0 Å². The van der Waals surface area contributed by atoms with Gasteiger partial charge in [-0.05, 0) is 16.8 Å². The minimum atomic E-state index is -0.922. The predicted molar refractivity (Wildman–Crippen MR) is 95.8 cm³/mol. The van der Waals surface area contributed by atoms with E-state index in [0.29, 0.717) is 32.1 Å². The molecular weight excluding hydrogens is 334 g/mol. The zero-order chi connectivity index (χ0) is 18.1. The minimum absolute atomic E-state index is 0.233. The number of esters is 1. The van der Waals surface area contributed by atoms with E-state index in [2.05, 4.69) is 4.99 Å². The lowest BCUT2D eigenvalue weighted by Gasteiger charge is -2.32. The smallest absolute Gasteiger partial charge is 0.407 e. The van der Waals surface area contributed by atoms with E-state index in [1.807, 2.05) is 47.4 Å². The van der Waals surface area contributed by atoms with Gasteiger partial charge >= 0.3 is 12.1 Å². The zero-order valence-corrected chi connectivity index (χ0v) is 14.0. The summed E-state index contributed by atoms with van der Waals surface area (Å²) in [6.07, 6.45) is 0.730. The highest BCUT2D eigenvalue weighted by Crippen LogP contribution is 2.24. The van der Waals surface area contributed by atoms with Gasteiger partial charge in [-0.25, -0.2) is 14.6 Å². The van der Waals surface area contributed by atoms with Gasteiger partial charge in [0.1, 0.15) is 0 Å². The van der Waals surface area contributed by atoms with Crippen LogP contribution in [0.3, 0.4) is 0 Å². The Bertz CT molecular complexity index is 937. The van der Waals surface area contributed by atoms with Crippen molar-refractivity contribution < 1.29 is 19.4 Å². The number of ether oxygens (including phenoxy) is 1. The fraction of sp³-hybridized carbons (Fsp3) is 0.211. The van der Waals surface area contributed by atoms with Crippen LogP contribution in [0, 0.1) is 0 Å². The molecule has 4 rings (SSSR count). The number of cyclic esters (lactones) is 1. The van der Waals surface area contributed by atoms with Gasteiger partial charge in [0.2, 0.25) is 5.90 Å². The average molecular weight is 351 g/mol. The molecule has 0 radical (unpaired) electrons. The quantitative estimate of drug-likeness (QED) is 0.663. The molecule has 2 aliphatic heterocycles. The molecule has 0 atom stereocenters. The second-order valence-corrected chi connectivity index (χ2v) is 6.15.